The second kappa shape index (κ2) is 5.69. The number of rotatable bonds is 3. The van der Waals surface area contributed by atoms with Gasteiger partial charge in [-0.15, -0.1) is 23.1 Å². The zero-order valence-electron chi connectivity index (χ0n) is 11.0. The van der Waals surface area contributed by atoms with Crippen LogP contribution in [-0.2, 0) is 0 Å². The summed E-state index contributed by atoms with van der Waals surface area (Å²) in [5.74, 6) is 0. The number of thiazole rings is 1. The number of nitrogens with two attached hydrogens (primary N) is 1. The summed E-state index contributed by atoms with van der Waals surface area (Å²) < 4.78 is 0. The molecule has 0 aliphatic heterocycles. The van der Waals surface area contributed by atoms with E-state index in [1.807, 2.05) is 24.3 Å². The van der Waals surface area contributed by atoms with Crippen molar-refractivity contribution >= 4 is 28.8 Å². The number of hydrogen-bond donors (Lipinski definition) is 1. The van der Waals surface area contributed by atoms with Gasteiger partial charge in [-0.3, -0.25) is 0 Å². The van der Waals surface area contributed by atoms with Crippen LogP contribution in [-0.4, -0.2) is 11.2 Å². The molecule has 2 aromatic carbocycles. The van der Waals surface area contributed by atoms with Gasteiger partial charge >= 0.3 is 0 Å². The molecular weight excluding hydrogens is 284 g/mol. The fraction of sp³-hybridized carbons (Fsp3) is 0.0625. The normalized spacial score (nSPS) is 10.7. The number of anilines is 1. The third-order valence-electron chi connectivity index (χ3n) is 3.08. The van der Waals surface area contributed by atoms with Crippen molar-refractivity contribution in [1.82, 2.24) is 4.98 Å². The van der Waals surface area contributed by atoms with Gasteiger partial charge in [0.2, 0.25) is 0 Å². The highest BCUT2D eigenvalue weighted by Gasteiger charge is 2.08. The van der Waals surface area contributed by atoms with Crippen molar-refractivity contribution in [3.05, 3.63) is 53.9 Å². The van der Waals surface area contributed by atoms with Gasteiger partial charge in [-0.05, 0) is 24.5 Å². The van der Waals surface area contributed by atoms with E-state index in [-0.39, 0.29) is 0 Å². The maximum Gasteiger partial charge on any atom is 0.124 e. The lowest BCUT2D eigenvalue weighted by molar-refractivity contribution is 1.38. The molecule has 1 aromatic heterocycles. The summed E-state index contributed by atoms with van der Waals surface area (Å²) in [5, 5.41) is 3.08. The van der Waals surface area contributed by atoms with Gasteiger partial charge in [0, 0.05) is 27.1 Å². The van der Waals surface area contributed by atoms with E-state index >= 15 is 0 Å². The van der Waals surface area contributed by atoms with Crippen LogP contribution < -0.4 is 5.73 Å². The topological polar surface area (TPSA) is 38.9 Å². The van der Waals surface area contributed by atoms with E-state index in [1.165, 1.54) is 4.90 Å². The molecule has 0 radical (unpaired) electrons. The van der Waals surface area contributed by atoms with Gasteiger partial charge in [-0.1, -0.05) is 30.3 Å². The first kappa shape index (κ1) is 13.2. The average Bonchev–Trinajstić information content (AvgIpc) is 2.97. The van der Waals surface area contributed by atoms with Crippen LogP contribution in [0.2, 0.25) is 0 Å². The third kappa shape index (κ3) is 2.57. The predicted molar refractivity (Wildman–Crippen MR) is 89.2 cm³/mol. The van der Waals surface area contributed by atoms with Gasteiger partial charge < -0.3 is 5.73 Å². The molecule has 0 spiro atoms. The molecule has 3 rings (SSSR count). The van der Waals surface area contributed by atoms with Gasteiger partial charge in [0.1, 0.15) is 5.01 Å². The molecule has 0 saturated carbocycles. The summed E-state index contributed by atoms with van der Waals surface area (Å²) in [6.07, 6.45) is 2.08. The zero-order chi connectivity index (χ0) is 13.9. The van der Waals surface area contributed by atoms with Crippen molar-refractivity contribution in [3.63, 3.8) is 0 Å². The first-order valence-corrected chi connectivity index (χ1v) is 8.33. The summed E-state index contributed by atoms with van der Waals surface area (Å²) >= 11 is 3.39. The Hall–Kier alpha value is -1.78. The van der Waals surface area contributed by atoms with Crippen molar-refractivity contribution in [2.45, 2.75) is 4.90 Å². The molecule has 2 nitrogen and oxygen atoms in total. The second-order valence-corrected chi connectivity index (χ2v) is 6.09. The van der Waals surface area contributed by atoms with E-state index in [1.54, 1.807) is 23.1 Å². The van der Waals surface area contributed by atoms with Gasteiger partial charge in [0.15, 0.2) is 0 Å². The van der Waals surface area contributed by atoms with Crippen molar-refractivity contribution in [3.8, 4) is 21.8 Å². The fourth-order valence-electron chi connectivity index (χ4n) is 1.99. The standard InChI is InChI=1S/C16H14N2S2/c1-19-12-8-6-11(7-9-12)16-18-15(10-20-16)13-4-2-3-5-14(13)17/h2-10H,17H2,1H3. The number of nitrogens with zero attached hydrogens (tertiary/aromatic N) is 1. The molecule has 0 atom stereocenters. The summed E-state index contributed by atoms with van der Waals surface area (Å²) in [6.45, 7) is 0. The largest absolute Gasteiger partial charge is 0.398 e. The van der Waals surface area contributed by atoms with Crippen LogP contribution >= 0.6 is 23.1 Å². The van der Waals surface area contributed by atoms with Gasteiger partial charge in [-0.25, -0.2) is 4.98 Å². The van der Waals surface area contributed by atoms with Crippen molar-refractivity contribution in [2.75, 3.05) is 12.0 Å². The zero-order valence-corrected chi connectivity index (χ0v) is 12.7. The summed E-state index contributed by atoms with van der Waals surface area (Å²) in [7, 11) is 0. The third-order valence-corrected chi connectivity index (χ3v) is 4.71. The summed E-state index contributed by atoms with van der Waals surface area (Å²) in [4.78, 5) is 5.96. The molecule has 2 N–H and O–H groups in total. The van der Waals surface area contributed by atoms with Crippen molar-refractivity contribution < 1.29 is 0 Å². The number of hydrogen-bond acceptors (Lipinski definition) is 4. The summed E-state index contributed by atoms with van der Waals surface area (Å²) in [5.41, 5.74) is 9.85. The SMILES string of the molecule is CSc1ccc(-c2nc(-c3ccccc3N)cs2)cc1. The molecule has 20 heavy (non-hydrogen) atoms. The molecule has 0 amide bonds. The number of nitrogen functional groups attached to an aromatic ring is 1. The Morgan fingerprint density at radius 3 is 2.50 bits per heavy atom. The Labute approximate surface area is 126 Å². The molecule has 0 fully saturated rings. The molecule has 0 aliphatic rings. The Morgan fingerprint density at radius 1 is 1.05 bits per heavy atom. The van der Waals surface area contributed by atoms with Crippen LogP contribution in [0.15, 0.2) is 58.8 Å². The van der Waals surface area contributed by atoms with Crippen LogP contribution in [0, 0.1) is 0 Å². The monoisotopic (exact) mass is 298 g/mol. The Kier molecular flexibility index (Phi) is 3.76. The predicted octanol–water partition coefficient (Wildman–Crippen LogP) is 4.78. The van der Waals surface area contributed by atoms with E-state index in [2.05, 4.69) is 35.9 Å². The summed E-state index contributed by atoms with van der Waals surface area (Å²) in [6, 6.07) is 16.3. The second-order valence-electron chi connectivity index (χ2n) is 4.35. The minimum absolute atomic E-state index is 0.766. The molecule has 3 aromatic rings. The Balaban J connectivity index is 1.95. The quantitative estimate of drug-likeness (QED) is 0.558. The van der Waals surface area contributed by atoms with Crippen LogP contribution in [0.25, 0.3) is 21.8 Å². The van der Waals surface area contributed by atoms with Crippen LogP contribution in [0.5, 0.6) is 0 Å². The highest BCUT2D eigenvalue weighted by Crippen LogP contribution is 2.32. The van der Waals surface area contributed by atoms with Gasteiger partial charge in [0.25, 0.3) is 0 Å². The van der Waals surface area contributed by atoms with Crippen LogP contribution in [0.1, 0.15) is 0 Å². The maximum absolute atomic E-state index is 6.00. The average molecular weight is 298 g/mol. The van der Waals surface area contributed by atoms with E-state index in [9.17, 15) is 0 Å². The number of thioether (sulfide) groups is 1. The van der Waals surface area contributed by atoms with Crippen molar-refractivity contribution in [1.29, 1.82) is 0 Å². The van der Waals surface area contributed by atoms with Crippen molar-refractivity contribution in [2.24, 2.45) is 0 Å². The van der Waals surface area contributed by atoms with Crippen LogP contribution in [0.3, 0.4) is 0 Å². The van der Waals surface area contributed by atoms with E-state index < -0.39 is 0 Å². The van der Waals surface area contributed by atoms with E-state index in [4.69, 9.17) is 10.7 Å². The van der Waals surface area contributed by atoms with Crippen LogP contribution in [0.4, 0.5) is 5.69 Å². The van der Waals surface area contributed by atoms with E-state index in [0.29, 0.717) is 0 Å². The highest BCUT2D eigenvalue weighted by atomic mass is 32.2. The first-order valence-electron chi connectivity index (χ1n) is 6.23. The Bertz CT molecular complexity index is 717. The smallest absolute Gasteiger partial charge is 0.124 e. The number of para-hydroxylation sites is 1. The minimum Gasteiger partial charge on any atom is -0.398 e. The lowest BCUT2D eigenvalue weighted by Gasteiger charge is -2.01. The molecule has 0 aliphatic carbocycles. The molecular formula is C16H14N2S2. The molecule has 1 heterocycles. The van der Waals surface area contributed by atoms with Gasteiger partial charge in [-0.2, -0.15) is 0 Å². The Morgan fingerprint density at radius 2 is 1.80 bits per heavy atom. The lowest BCUT2D eigenvalue weighted by Crippen LogP contribution is -1.89. The number of benzene rings is 2. The molecule has 0 unspecified atom stereocenters. The van der Waals surface area contributed by atoms with Gasteiger partial charge in [0.05, 0.1) is 5.69 Å². The minimum atomic E-state index is 0.766. The maximum atomic E-state index is 6.00. The number of aromatic nitrogens is 1. The molecule has 0 saturated heterocycles. The molecule has 0 bridgehead atoms. The lowest BCUT2D eigenvalue weighted by atomic mass is 10.1. The van der Waals surface area contributed by atoms with E-state index in [0.717, 1.165) is 27.5 Å². The fourth-order valence-corrected chi connectivity index (χ4v) is 3.23. The molecule has 100 valence electrons. The highest BCUT2D eigenvalue weighted by molar-refractivity contribution is 7.98. The molecule has 4 heteroatoms. The first-order chi connectivity index (χ1) is 9.78.